The minimum absolute atomic E-state index is 0.582. The standard InChI is InChI=1S/C8H14O2S/c1-3-5-6-7-8(4-2)11(9)10/h2,8H,3,5-7H2,1H3,(H,9,10)/p-1. The molecule has 0 bridgehead atoms. The van der Waals surface area contributed by atoms with Gasteiger partial charge in [-0.15, -0.1) is 6.42 Å². The van der Waals surface area contributed by atoms with Gasteiger partial charge in [-0.3, -0.25) is 4.21 Å². The first-order chi connectivity index (χ1) is 5.22. The fraction of sp³-hybridized carbons (Fsp3) is 0.750. The summed E-state index contributed by atoms with van der Waals surface area (Å²) in [6, 6.07) is 0. The molecule has 0 aromatic heterocycles. The molecular formula is C8H13O2S-. The highest BCUT2D eigenvalue weighted by Gasteiger charge is 2.03. The van der Waals surface area contributed by atoms with Crippen molar-refractivity contribution in [3.8, 4) is 12.3 Å². The number of rotatable bonds is 5. The van der Waals surface area contributed by atoms with E-state index in [2.05, 4.69) is 12.8 Å². The van der Waals surface area contributed by atoms with Crippen LogP contribution in [0.5, 0.6) is 0 Å². The fourth-order valence-corrected chi connectivity index (χ4v) is 1.29. The first kappa shape index (κ1) is 10.7. The molecule has 0 aromatic rings. The minimum atomic E-state index is -2.09. The molecule has 0 spiro atoms. The largest absolute Gasteiger partial charge is 0.771 e. The van der Waals surface area contributed by atoms with Crippen LogP contribution in [0.15, 0.2) is 0 Å². The van der Waals surface area contributed by atoms with Gasteiger partial charge in [-0.2, -0.15) is 0 Å². The Bertz CT molecular complexity index is 160. The summed E-state index contributed by atoms with van der Waals surface area (Å²) in [4.78, 5) is 0. The Morgan fingerprint density at radius 3 is 2.64 bits per heavy atom. The third-order valence-electron chi connectivity index (χ3n) is 1.49. The molecule has 0 radical (unpaired) electrons. The quantitative estimate of drug-likeness (QED) is 0.358. The van der Waals surface area contributed by atoms with Gasteiger partial charge in [0.1, 0.15) is 0 Å². The fourth-order valence-electron chi connectivity index (χ4n) is 0.815. The second-order valence-electron chi connectivity index (χ2n) is 2.41. The Hall–Kier alpha value is -0.330. The van der Waals surface area contributed by atoms with Crippen molar-refractivity contribution in [2.75, 3.05) is 0 Å². The van der Waals surface area contributed by atoms with Crippen molar-refractivity contribution in [2.24, 2.45) is 0 Å². The zero-order chi connectivity index (χ0) is 8.69. The highest BCUT2D eigenvalue weighted by atomic mass is 32.2. The van der Waals surface area contributed by atoms with Crippen molar-refractivity contribution in [3.63, 3.8) is 0 Å². The summed E-state index contributed by atoms with van der Waals surface area (Å²) >= 11 is -2.09. The highest BCUT2D eigenvalue weighted by Crippen LogP contribution is 2.06. The molecule has 0 aliphatic rings. The molecule has 0 rings (SSSR count). The predicted molar refractivity (Wildman–Crippen MR) is 45.7 cm³/mol. The average molecular weight is 173 g/mol. The normalized spacial score (nSPS) is 15.4. The van der Waals surface area contributed by atoms with Gasteiger partial charge in [0.05, 0.1) is 5.25 Å². The van der Waals surface area contributed by atoms with E-state index in [1.165, 1.54) is 0 Å². The predicted octanol–water partition coefficient (Wildman–Crippen LogP) is 1.45. The Kier molecular flexibility index (Phi) is 6.19. The van der Waals surface area contributed by atoms with Gasteiger partial charge in [-0.1, -0.05) is 32.1 Å². The third kappa shape index (κ3) is 5.00. The van der Waals surface area contributed by atoms with Crippen molar-refractivity contribution in [2.45, 2.75) is 37.9 Å². The number of terminal acetylenes is 1. The van der Waals surface area contributed by atoms with Crippen molar-refractivity contribution < 1.29 is 8.76 Å². The Morgan fingerprint density at radius 2 is 2.27 bits per heavy atom. The second kappa shape index (κ2) is 6.38. The van der Waals surface area contributed by atoms with Crippen LogP contribution < -0.4 is 0 Å². The SMILES string of the molecule is C#CC(CCCCC)S(=O)[O-]. The number of hydrogen-bond donors (Lipinski definition) is 0. The van der Waals surface area contributed by atoms with Crippen LogP contribution in [-0.4, -0.2) is 14.0 Å². The molecular weight excluding hydrogens is 160 g/mol. The lowest BCUT2D eigenvalue weighted by Crippen LogP contribution is -2.11. The van der Waals surface area contributed by atoms with Gasteiger partial charge >= 0.3 is 0 Å². The molecule has 0 amide bonds. The maximum absolute atomic E-state index is 10.4. The first-order valence-electron chi connectivity index (χ1n) is 3.76. The van der Waals surface area contributed by atoms with Crippen molar-refractivity contribution in [3.05, 3.63) is 0 Å². The molecule has 11 heavy (non-hydrogen) atoms. The van der Waals surface area contributed by atoms with E-state index < -0.39 is 16.3 Å². The Morgan fingerprint density at radius 1 is 1.64 bits per heavy atom. The summed E-state index contributed by atoms with van der Waals surface area (Å²) in [7, 11) is 0. The lowest BCUT2D eigenvalue weighted by Gasteiger charge is -2.12. The van der Waals surface area contributed by atoms with E-state index in [0.29, 0.717) is 6.42 Å². The van der Waals surface area contributed by atoms with Crippen LogP contribution in [0.4, 0.5) is 0 Å². The molecule has 0 aliphatic heterocycles. The molecule has 2 unspecified atom stereocenters. The minimum Gasteiger partial charge on any atom is -0.771 e. The number of unbranched alkanes of at least 4 members (excludes halogenated alkanes) is 2. The second-order valence-corrected chi connectivity index (χ2v) is 3.50. The van der Waals surface area contributed by atoms with Gasteiger partial charge in [-0.05, 0) is 17.5 Å². The van der Waals surface area contributed by atoms with E-state index in [1.807, 2.05) is 0 Å². The maximum Gasteiger partial charge on any atom is 0.0821 e. The molecule has 0 heterocycles. The van der Waals surface area contributed by atoms with Gasteiger partial charge in [-0.25, -0.2) is 0 Å². The van der Waals surface area contributed by atoms with Gasteiger partial charge in [0.25, 0.3) is 0 Å². The third-order valence-corrected chi connectivity index (χ3v) is 2.32. The van der Waals surface area contributed by atoms with E-state index in [1.54, 1.807) is 0 Å². The van der Waals surface area contributed by atoms with Crippen LogP contribution in [0.2, 0.25) is 0 Å². The van der Waals surface area contributed by atoms with E-state index >= 15 is 0 Å². The Balaban J connectivity index is 3.55. The van der Waals surface area contributed by atoms with Crippen molar-refractivity contribution in [1.82, 2.24) is 0 Å². The topological polar surface area (TPSA) is 40.1 Å². The van der Waals surface area contributed by atoms with Gasteiger partial charge in [0.2, 0.25) is 0 Å². The highest BCUT2D eigenvalue weighted by molar-refractivity contribution is 7.80. The van der Waals surface area contributed by atoms with E-state index in [4.69, 9.17) is 6.42 Å². The summed E-state index contributed by atoms with van der Waals surface area (Å²) in [5, 5.41) is -0.582. The van der Waals surface area contributed by atoms with Crippen LogP contribution in [0.1, 0.15) is 32.6 Å². The van der Waals surface area contributed by atoms with E-state index in [0.717, 1.165) is 19.3 Å². The summed E-state index contributed by atoms with van der Waals surface area (Å²) in [6.07, 6.45) is 8.65. The van der Waals surface area contributed by atoms with Gasteiger partial charge in [0.15, 0.2) is 0 Å². The lowest BCUT2D eigenvalue weighted by atomic mass is 10.2. The zero-order valence-electron chi connectivity index (χ0n) is 6.71. The van der Waals surface area contributed by atoms with Crippen LogP contribution in [0.3, 0.4) is 0 Å². The van der Waals surface area contributed by atoms with Crippen LogP contribution in [-0.2, 0) is 11.1 Å². The maximum atomic E-state index is 10.4. The smallest absolute Gasteiger partial charge is 0.0821 e. The van der Waals surface area contributed by atoms with Crippen molar-refractivity contribution >= 4 is 11.1 Å². The lowest BCUT2D eigenvalue weighted by molar-refractivity contribution is 0.523. The van der Waals surface area contributed by atoms with Gasteiger partial charge in [0, 0.05) is 0 Å². The molecule has 0 fully saturated rings. The van der Waals surface area contributed by atoms with E-state index in [9.17, 15) is 8.76 Å². The molecule has 3 heteroatoms. The monoisotopic (exact) mass is 173 g/mol. The molecule has 64 valence electrons. The average Bonchev–Trinajstić information content (AvgIpc) is 1.97. The molecule has 0 aliphatic carbocycles. The molecule has 0 saturated heterocycles. The summed E-state index contributed by atoms with van der Waals surface area (Å²) in [6.45, 7) is 2.07. The van der Waals surface area contributed by atoms with Crippen LogP contribution in [0.25, 0.3) is 0 Å². The molecule has 0 saturated carbocycles. The summed E-state index contributed by atoms with van der Waals surface area (Å²) in [5.41, 5.74) is 0. The van der Waals surface area contributed by atoms with Crippen molar-refractivity contribution in [1.29, 1.82) is 0 Å². The van der Waals surface area contributed by atoms with Crippen LogP contribution >= 0.6 is 0 Å². The Labute approximate surface area is 70.7 Å². The molecule has 2 nitrogen and oxygen atoms in total. The van der Waals surface area contributed by atoms with Crippen LogP contribution in [0, 0.1) is 12.3 Å². The molecule has 0 N–H and O–H groups in total. The molecule has 2 atom stereocenters. The summed E-state index contributed by atoms with van der Waals surface area (Å²) in [5.74, 6) is 2.25. The zero-order valence-corrected chi connectivity index (χ0v) is 7.52. The molecule has 0 aromatic carbocycles. The van der Waals surface area contributed by atoms with E-state index in [-0.39, 0.29) is 0 Å². The van der Waals surface area contributed by atoms with Gasteiger partial charge < -0.3 is 4.55 Å². The summed E-state index contributed by atoms with van der Waals surface area (Å²) < 4.78 is 20.8. The first-order valence-corrected chi connectivity index (χ1v) is 4.90. The number of hydrogen-bond acceptors (Lipinski definition) is 2.